The van der Waals surface area contributed by atoms with E-state index in [1.165, 1.54) is 34.1 Å². The third-order valence-corrected chi connectivity index (χ3v) is 6.71. The van der Waals surface area contributed by atoms with E-state index in [0.29, 0.717) is 5.92 Å². The van der Waals surface area contributed by atoms with Gasteiger partial charge in [-0.05, 0) is 19.9 Å². The van der Waals surface area contributed by atoms with Crippen molar-refractivity contribution in [2.45, 2.75) is 38.3 Å². The van der Waals surface area contributed by atoms with Gasteiger partial charge < -0.3 is 9.80 Å². The topological polar surface area (TPSA) is 48.4 Å². The molecule has 0 unspecified atom stereocenters. The average Bonchev–Trinajstić information content (AvgIpc) is 3.41. The molecule has 138 valence electrons. The van der Waals surface area contributed by atoms with Crippen LogP contribution in [0, 0.1) is 0 Å². The van der Waals surface area contributed by atoms with Crippen LogP contribution in [0.5, 0.6) is 0 Å². The quantitative estimate of drug-likeness (QED) is 0.822. The monoisotopic (exact) mass is 370 g/mol. The van der Waals surface area contributed by atoms with Crippen LogP contribution in [0.2, 0.25) is 0 Å². The predicted octanol–water partition coefficient (Wildman–Crippen LogP) is 2.12. The first kappa shape index (κ1) is 16.6. The van der Waals surface area contributed by atoms with E-state index >= 15 is 0 Å². The van der Waals surface area contributed by atoms with Crippen molar-refractivity contribution < 1.29 is 0 Å². The molecule has 26 heavy (non-hydrogen) atoms. The Kier molecular flexibility index (Phi) is 4.38. The number of anilines is 1. The van der Waals surface area contributed by atoms with Crippen LogP contribution >= 0.6 is 11.3 Å². The number of aromatic nitrogens is 3. The smallest absolute Gasteiger partial charge is 0.185 e. The van der Waals surface area contributed by atoms with E-state index < -0.39 is 0 Å². The third-order valence-electron chi connectivity index (χ3n) is 5.67. The zero-order chi connectivity index (χ0) is 17.5. The van der Waals surface area contributed by atoms with Gasteiger partial charge >= 0.3 is 0 Å². The molecule has 1 saturated heterocycles. The first-order chi connectivity index (χ1) is 12.7. The second-order valence-electron chi connectivity index (χ2n) is 7.83. The maximum atomic E-state index is 4.83. The van der Waals surface area contributed by atoms with Crippen molar-refractivity contribution >= 4 is 16.5 Å². The molecule has 7 heteroatoms. The molecule has 3 aliphatic rings. The second-order valence-corrected chi connectivity index (χ2v) is 8.93. The number of thiazole rings is 1. The van der Waals surface area contributed by atoms with Crippen molar-refractivity contribution in [3.63, 3.8) is 0 Å². The summed E-state index contributed by atoms with van der Waals surface area (Å²) >= 11 is 1.85. The lowest BCUT2D eigenvalue weighted by Crippen LogP contribution is -2.44. The fraction of sp³-hybridized carbons (Fsp3) is 0.632. The van der Waals surface area contributed by atoms with Crippen LogP contribution < -0.4 is 4.90 Å². The first-order valence-electron chi connectivity index (χ1n) is 9.70. The van der Waals surface area contributed by atoms with Gasteiger partial charge in [0.1, 0.15) is 5.82 Å². The molecule has 2 fully saturated rings. The standard InChI is InChI=1S/C19H26N6S/c1-23-6-8-25(9-7-23)19-21-11-16(26-19)13-24-5-4-17-15(12-24)10-20-18(22-17)14-2-3-14/h10-11,14H,2-9,12-13H2,1H3. The number of rotatable bonds is 4. The summed E-state index contributed by atoms with van der Waals surface area (Å²) < 4.78 is 0. The molecule has 0 atom stereocenters. The van der Waals surface area contributed by atoms with Crippen molar-refractivity contribution in [2.24, 2.45) is 0 Å². The Morgan fingerprint density at radius 2 is 1.92 bits per heavy atom. The fourth-order valence-electron chi connectivity index (χ4n) is 3.80. The number of likely N-dealkylation sites (N-methyl/N-ethyl adjacent to an activating group) is 1. The van der Waals surface area contributed by atoms with Crippen molar-refractivity contribution in [1.82, 2.24) is 24.8 Å². The molecule has 2 aromatic rings. The van der Waals surface area contributed by atoms with Gasteiger partial charge in [-0.25, -0.2) is 15.0 Å². The highest BCUT2D eigenvalue weighted by molar-refractivity contribution is 7.15. The summed E-state index contributed by atoms with van der Waals surface area (Å²) in [5, 5.41) is 1.18. The van der Waals surface area contributed by atoms with Crippen molar-refractivity contribution in [2.75, 3.05) is 44.7 Å². The van der Waals surface area contributed by atoms with E-state index in [1.807, 2.05) is 11.3 Å². The maximum Gasteiger partial charge on any atom is 0.185 e. The van der Waals surface area contributed by atoms with Crippen LogP contribution in [0.1, 0.15) is 40.7 Å². The van der Waals surface area contributed by atoms with E-state index in [1.54, 1.807) is 0 Å². The Bertz CT molecular complexity index is 778. The zero-order valence-electron chi connectivity index (χ0n) is 15.4. The van der Waals surface area contributed by atoms with E-state index in [2.05, 4.69) is 44.1 Å². The molecule has 0 N–H and O–H groups in total. The first-order valence-corrected chi connectivity index (χ1v) is 10.5. The molecule has 4 heterocycles. The Balaban J connectivity index is 1.22. The van der Waals surface area contributed by atoms with Crippen LogP contribution in [0.25, 0.3) is 0 Å². The summed E-state index contributed by atoms with van der Waals surface area (Å²) in [5.74, 6) is 1.72. The SMILES string of the molecule is CN1CCN(c2ncc(CN3CCc4nc(C5CC5)ncc4C3)s2)CC1. The van der Waals surface area contributed by atoms with E-state index in [0.717, 1.165) is 58.1 Å². The van der Waals surface area contributed by atoms with E-state index in [4.69, 9.17) is 4.98 Å². The minimum Gasteiger partial charge on any atom is -0.346 e. The minimum atomic E-state index is 0.642. The highest BCUT2D eigenvalue weighted by Gasteiger charge is 2.28. The maximum absolute atomic E-state index is 4.83. The summed E-state index contributed by atoms with van der Waals surface area (Å²) in [4.78, 5) is 22.8. The average molecular weight is 371 g/mol. The molecule has 5 rings (SSSR count). The summed E-state index contributed by atoms with van der Waals surface area (Å²) in [5.41, 5.74) is 2.59. The van der Waals surface area contributed by atoms with Crippen LogP contribution in [-0.2, 0) is 19.5 Å². The van der Waals surface area contributed by atoms with Gasteiger partial charge in [0, 0.05) is 86.7 Å². The summed E-state index contributed by atoms with van der Waals surface area (Å²) in [7, 11) is 2.19. The van der Waals surface area contributed by atoms with Crippen LogP contribution in [-0.4, -0.2) is 64.5 Å². The molecule has 6 nitrogen and oxygen atoms in total. The number of nitrogens with zero attached hydrogens (tertiary/aromatic N) is 6. The molecule has 0 amide bonds. The lowest BCUT2D eigenvalue weighted by atomic mass is 10.1. The van der Waals surface area contributed by atoms with Gasteiger partial charge in [-0.15, -0.1) is 11.3 Å². The van der Waals surface area contributed by atoms with Gasteiger partial charge in [0.15, 0.2) is 5.13 Å². The zero-order valence-corrected chi connectivity index (χ0v) is 16.2. The van der Waals surface area contributed by atoms with Crippen LogP contribution in [0.15, 0.2) is 12.4 Å². The number of fused-ring (bicyclic) bond motifs is 1. The van der Waals surface area contributed by atoms with Crippen LogP contribution in [0.4, 0.5) is 5.13 Å². The molecule has 1 aliphatic carbocycles. The molecule has 0 aromatic carbocycles. The predicted molar refractivity (Wildman–Crippen MR) is 104 cm³/mol. The molecule has 2 aliphatic heterocycles. The van der Waals surface area contributed by atoms with Crippen molar-refractivity contribution in [1.29, 1.82) is 0 Å². The number of piperazine rings is 1. The third kappa shape index (κ3) is 3.48. The van der Waals surface area contributed by atoms with Crippen LogP contribution in [0.3, 0.4) is 0 Å². The lowest BCUT2D eigenvalue weighted by molar-refractivity contribution is 0.244. The van der Waals surface area contributed by atoms with Crippen molar-refractivity contribution in [3.8, 4) is 0 Å². The van der Waals surface area contributed by atoms with Gasteiger partial charge in [-0.3, -0.25) is 4.90 Å². The fourth-order valence-corrected chi connectivity index (χ4v) is 4.80. The Morgan fingerprint density at radius 1 is 1.08 bits per heavy atom. The highest BCUT2D eigenvalue weighted by atomic mass is 32.1. The summed E-state index contributed by atoms with van der Waals surface area (Å²) in [6.07, 6.45) is 7.73. The molecule has 0 spiro atoms. The van der Waals surface area contributed by atoms with Gasteiger partial charge in [-0.2, -0.15) is 0 Å². The Hall–Kier alpha value is -1.57. The molecule has 2 aromatic heterocycles. The Labute approximate surface area is 158 Å². The van der Waals surface area contributed by atoms with E-state index in [9.17, 15) is 0 Å². The minimum absolute atomic E-state index is 0.642. The normalized spacial score (nSPS) is 21.8. The van der Waals surface area contributed by atoms with Gasteiger partial charge in [-0.1, -0.05) is 0 Å². The molecular formula is C19H26N6S. The lowest BCUT2D eigenvalue weighted by Gasteiger charge is -2.32. The molecule has 0 radical (unpaired) electrons. The number of hydrogen-bond acceptors (Lipinski definition) is 7. The summed E-state index contributed by atoms with van der Waals surface area (Å²) in [6, 6.07) is 0. The molecular weight excluding hydrogens is 344 g/mol. The molecule has 0 bridgehead atoms. The van der Waals surface area contributed by atoms with Gasteiger partial charge in [0.2, 0.25) is 0 Å². The highest BCUT2D eigenvalue weighted by Crippen LogP contribution is 2.38. The summed E-state index contributed by atoms with van der Waals surface area (Å²) in [6.45, 7) is 7.44. The second kappa shape index (κ2) is 6.87. The number of hydrogen-bond donors (Lipinski definition) is 0. The largest absolute Gasteiger partial charge is 0.346 e. The van der Waals surface area contributed by atoms with Crippen molar-refractivity contribution in [3.05, 3.63) is 34.4 Å². The van der Waals surface area contributed by atoms with E-state index in [-0.39, 0.29) is 0 Å². The van der Waals surface area contributed by atoms with Gasteiger partial charge in [0.05, 0.1) is 0 Å². The van der Waals surface area contributed by atoms with Gasteiger partial charge in [0.25, 0.3) is 0 Å². The Morgan fingerprint density at radius 3 is 2.73 bits per heavy atom. The molecule has 1 saturated carbocycles.